The van der Waals surface area contributed by atoms with Crippen molar-refractivity contribution in [2.24, 2.45) is 22.0 Å². The summed E-state index contributed by atoms with van der Waals surface area (Å²) in [6, 6.07) is 9.52. The molecule has 12 nitrogen and oxygen atoms in total. The van der Waals surface area contributed by atoms with E-state index in [1.807, 2.05) is 0 Å². The number of amides is 2. The van der Waals surface area contributed by atoms with Crippen LogP contribution in [-0.4, -0.2) is 49.2 Å². The minimum Gasteiger partial charge on any atom is -0.744 e. The molecular formula is C21H18K2N4O8S2. The Hall–Kier alpha value is -0.187. The fraction of sp³-hybridized carbons (Fsp3) is 0.238. The van der Waals surface area contributed by atoms with Crippen LogP contribution in [0, 0.1) is 11.8 Å². The first-order valence-electron chi connectivity index (χ1n) is 10.2. The van der Waals surface area contributed by atoms with Crippen molar-refractivity contribution in [3.05, 3.63) is 48.5 Å². The van der Waals surface area contributed by atoms with Crippen LogP contribution < -0.4 is 113 Å². The van der Waals surface area contributed by atoms with Gasteiger partial charge in [-0.1, -0.05) is 0 Å². The number of hydrazone groups is 2. The van der Waals surface area contributed by atoms with Crippen molar-refractivity contribution in [3.63, 3.8) is 0 Å². The number of benzene rings is 2. The van der Waals surface area contributed by atoms with E-state index >= 15 is 0 Å². The van der Waals surface area contributed by atoms with E-state index in [1.165, 1.54) is 24.3 Å². The molecule has 0 fully saturated rings. The maximum absolute atomic E-state index is 13.1. The van der Waals surface area contributed by atoms with Crippen LogP contribution in [0.4, 0.5) is 11.4 Å². The van der Waals surface area contributed by atoms with Crippen LogP contribution in [0.5, 0.6) is 0 Å². The van der Waals surface area contributed by atoms with Crippen LogP contribution in [0.25, 0.3) is 0 Å². The second-order valence-electron chi connectivity index (χ2n) is 8.02. The van der Waals surface area contributed by atoms with Crippen LogP contribution in [0.15, 0.2) is 68.5 Å². The van der Waals surface area contributed by atoms with Crippen LogP contribution in [0.3, 0.4) is 0 Å². The number of nitrogens with zero attached hydrogens (tertiary/aromatic N) is 4. The normalized spacial score (nSPS) is 19.8. The Balaban J connectivity index is 0.00000241. The minimum absolute atomic E-state index is 0. The zero-order chi connectivity index (χ0) is 25.7. The van der Waals surface area contributed by atoms with Crippen LogP contribution in [0.1, 0.15) is 20.3 Å². The molecule has 184 valence electrons. The molecule has 16 heteroatoms. The quantitative estimate of drug-likeness (QED) is 0.236. The molecule has 4 rings (SSSR count). The molecule has 2 aliphatic rings. The van der Waals surface area contributed by atoms with Crippen molar-refractivity contribution in [1.82, 2.24) is 0 Å². The molecule has 2 aromatic carbocycles. The summed E-state index contributed by atoms with van der Waals surface area (Å²) in [5.74, 6) is -2.34. The first-order valence-corrected chi connectivity index (χ1v) is 13.0. The SMILES string of the molecule is CC1=NN(c2ccc(S(=O)(=O)[O-])cc2)C(=O)C1CC1C(=O)N(c2ccc(S(=O)(=O)[O-])cc2)N=C1C.[K+].[K+]. The maximum Gasteiger partial charge on any atom is 1.00 e. The van der Waals surface area contributed by atoms with Gasteiger partial charge in [-0.3, -0.25) is 9.59 Å². The van der Waals surface area contributed by atoms with Gasteiger partial charge in [0.2, 0.25) is 0 Å². The third kappa shape index (κ3) is 7.12. The van der Waals surface area contributed by atoms with E-state index in [-0.39, 0.29) is 121 Å². The molecule has 2 unspecified atom stereocenters. The van der Waals surface area contributed by atoms with Gasteiger partial charge in [-0.25, -0.2) is 26.9 Å². The first-order chi connectivity index (χ1) is 16.3. The summed E-state index contributed by atoms with van der Waals surface area (Å²) in [5.41, 5.74) is 1.42. The van der Waals surface area contributed by atoms with Gasteiger partial charge in [-0.05, 0) is 68.8 Å². The third-order valence-corrected chi connectivity index (χ3v) is 7.45. The van der Waals surface area contributed by atoms with Crippen molar-refractivity contribution in [2.75, 3.05) is 10.0 Å². The first kappa shape index (κ1) is 33.0. The average molecular weight is 597 g/mol. The van der Waals surface area contributed by atoms with Crippen LogP contribution in [-0.2, 0) is 29.8 Å². The van der Waals surface area contributed by atoms with Gasteiger partial charge < -0.3 is 9.11 Å². The number of hydrogen-bond donors (Lipinski definition) is 0. The average Bonchev–Trinajstić information content (AvgIpc) is 3.23. The molecule has 2 heterocycles. The zero-order valence-electron chi connectivity index (χ0n) is 20.4. The van der Waals surface area contributed by atoms with Gasteiger partial charge in [-0.15, -0.1) is 0 Å². The number of rotatable bonds is 6. The summed E-state index contributed by atoms with van der Waals surface area (Å²) >= 11 is 0. The molecular weight excluding hydrogens is 579 g/mol. The Morgan fingerprint density at radius 1 is 0.676 bits per heavy atom. The van der Waals surface area contributed by atoms with Crippen LogP contribution >= 0.6 is 0 Å². The topological polar surface area (TPSA) is 180 Å². The number of anilines is 2. The molecule has 0 N–H and O–H groups in total. The van der Waals surface area contributed by atoms with Gasteiger partial charge in [0.15, 0.2) is 0 Å². The van der Waals surface area contributed by atoms with E-state index in [2.05, 4.69) is 10.2 Å². The molecule has 37 heavy (non-hydrogen) atoms. The maximum atomic E-state index is 13.1. The van der Waals surface area contributed by atoms with Gasteiger partial charge in [0.1, 0.15) is 20.2 Å². The van der Waals surface area contributed by atoms with Crippen molar-refractivity contribution in [1.29, 1.82) is 0 Å². The van der Waals surface area contributed by atoms with Gasteiger partial charge >= 0.3 is 103 Å². The second-order valence-corrected chi connectivity index (χ2v) is 10.8. The number of carbonyl (C=O) groups is 2. The molecule has 0 aliphatic carbocycles. The summed E-state index contributed by atoms with van der Waals surface area (Å²) in [7, 11) is -9.27. The van der Waals surface area contributed by atoms with E-state index in [4.69, 9.17) is 0 Å². The zero-order valence-corrected chi connectivity index (χ0v) is 28.2. The molecule has 2 atom stereocenters. The Morgan fingerprint density at radius 2 is 0.973 bits per heavy atom. The Kier molecular flexibility index (Phi) is 11.2. The second kappa shape index (κ2) is 12.5. The minimum atomic E-state index is -4.63. The summed E-state index contributed by atoms with van der Waals surface area (Å²) < 4.78 is 66.8. The van der Waals surface area contributed by atoms with E-state index in [9.17, 15) is 35.5 Å². The smallest absolute Gasteiger partial charge is 0.744 e. The molecule has 0 radical (unpaired) electrons. The fourth-order valence-corrected chi connectivity index (χ4v) is 4.80. The van der Waals surface area contributed by atoms with Gasteiger partial charge in [0.25, 0.3) is 11.8 Å². The predicted octanol–water partition coefficient (Wildman–Crippen LogP) is -4.73. The molecule has 2 amide bonds. The summed E-state index contributed by atoms with van der Waals surface area (Å²) in [4.78, 5) is 25.3. The standard InChI is InChI=1S/C21H20N4O8S2.2K/c1-12-18(20(26)24(22-12)14-3-7-16(8-4-14)34(28,29)30)11-19-13(2)23-25(21(19)27)15-5-9-17(10-6-15)35(31,32)33;;/h3-10,18-19H,11H2,1-2H3,(H,28,29,30)(H,31,32,33);;/q;2*+1/p-2. The Labute approximate surface area is 298 Å². The number of hydrogen-bond acceptors (Lipinski definition) is 10. The molecule has 0 bridgehead atoms. The van der Waals surface area contributed by atoms with Gasteiger partial charge in [0.05, 0.1) is 33.0 Å². The summed E-state index contributed by atoms with van der Waals surface area (Å²) in [5, 5.41) is 10.7. The number of carbonyl (C=O) groups excluding carboxylic acids is 2. The molecule has 2 aromatic rings. The molecule has 2 aliphatic heterocycles. The van der Waals surface area contributed by atoms with E-state index < -0.39 is 53.7 Å². The molecule has 0 spiro atoms. The van der Waals surface area contributed by atoms with Gasteiger partial charge in [0, 0.05) is 11.4 Å². The van der Waals surface area contributed by atoms with Crippen LogP contribution in [0.2, 0.25) is 0 Å². The monoisotopic (exact) mass is 596 g/mol. The van der Waals surface area contributed by atoms with Crippen molar-refractivity contribution >= 4 is 54.8 Å². The predicted molar refractivity (Wildman–Crippen MR) is 122 cm³/mol. The molecule has 0 saturated carbocycles. The van der Waals surface area contributed by atoms with Crippen molar-refractivity contribution in [2.45, 2.75) is 30.1 Å². The Bertz CT molecular complexity index is 1380. The summed E-state index contributed by atoms with van der Waals surface area (Å²) in [6.45, 7) is 3.26. The Morgan fingerprint density at radius 3 is 1.24 bits per heavy atom. The largest absolute Gasteiger partial charge is 1.00 e. The van der Waals surface area contributed by atoms with Gasteiger partial charge in [-0.2, -0.15) is 10.2 Å². The van der Waals surface area contributed by atoms with E-state index in [0.717, 1.165) is 34.3 Å². The third-order valence-electron chi connectivity index (χ3n) is 5.75. The fourth-order valence-electron chi connectivity index (χ4n) is 3.86. The summed E-state index contributed by atoms with van der Waals surface area (Å²) in [6.07, 6.45) is 0.0787. The molecule has 0 aromatic heterocycles. The van der Waals surface area contributed by atoms with E-state index in [0.29, 0.717) is 11.4 Å². The van der Waals surface area contributed by atoms with Crippen molar-refractivity contribution < 1.29 is 138 Å². The molecule has 0 saturated heterocycles. The van der Waals surface area contributed by atoms with E-state index in [1.54, 1.807) is 13.8 Å². The van der Waals surface area contributed by atoms with Crippen molar-refractivity contribution in [3.8, 4) is 0 Å².